The average Bonchev–Trinajstić information content (AvgIpc) is 3.05. The third kappa shape index (κ3) is 2.04. The van der Waals surface area contributed by atoms with Crippen LogP contribution >= 0.6 is 11.3 Å². The van der Waals surface area contributed by atoms with Gasteiger partial charge in [0.25, 0.3) is 0 Å². The minimum atomic E-state index is -0.188. The maximum Gasteiger partial charge on any atom is 0.315 e. The van der Waals surface area contributed by atoms with E-state index in [2.05, 4.69) is 10.1 Å². The van der Waals surface area contributed by atoms with E-state index in [1.54, 1.807) is 11.3 Å². The molecule has 0 radical (unpaired) electrons. The van der Waals surface area contributed by atoms with Crippen LogP contribution in [-0.2, 0) is 23.0 Å². The molecule has 0 bridgehead atoms. The molecular weight excluding hydrogens is 274 g/mol. The van der Waals surface area contributed by atoms with Gasteiger partial charge >= 0.3 is 5.97 Å². The molecule has 0 N–H and O–H groups in total. The van der Waals surface area contributed by atoms with Gasteiger partial charge in [-0.05, 0) is 26.7 Å². The van der Waals surface area contributed by atoms with E-state index in [1.807, 2.05) is 31.8 Å². The van der Waals surface area contributed by atoms with Gasteiger partial charge in [0.1, 0.15) is 10.9 Å². The van der Waals surface area contributed by atoms with E-state index in [0.717, 1.165) is 34.8 Å². The summed E-state index contributed by atoms with van der Waals surface area (Å²) < 4.78 is 6.97. The predicted octanol–water partition coefficient (Wildman–Crippen LogP) is 2.44. The van der Waals surface area contributed by atoms with E-state index in [1.165, 1.54) is 4.88 Å². The molecule has 2 aromatic heterocycles. The summed E-state index contributed by atoms with van der Waals surface area (Å²) >= 11 is 1.67. The van der Waals surface area contributed by atoms with Crippen LogP contribution in [0.2, 0.25) is 0 Å². The van der Waals surface area contributed by atoms with Gasteiger partial charge in [0.15, 0.2) is 0 Å². The number of fused-ring (bicyclic) bond motifs is 1. The molecule has 1 aliphatic rings. The molecule has 20 heavy (non-hydrogen) atoms. The second-order valence-corrected chi connectivity index (χ2v) is 6.02. The second-order valence-electron chi connectivity index (χ2n) is 4.94. The van der Waals surface area contributed by atoms with Gasteiger partial charge in [-0.2, -0.15) is 5.10 Å². The van der Waals surface area contributed by atoms with Crippen LogP contribution in [0.3, 0.4) is 0 Å². The van der Waals surface area contributed by atoms with Crippen LogP contribution in [0.25, 0.3) is 10.6 Å². The lowest BCUT2D eigenvalue weighted by molar-refractivity contribution is -0.145. The summed E-state index contributed by atoms with van der Waals surface area (Å²) in [6.07, 6.45) is 3.57. The number of ether oxygens (including phenoxy) is 1. The number of aryl methyl sites for hydroxylation is 2. The first-order chi connectivity index (χ1) is 9.61. The highest BCUT2D eigenvalue weighted by atomic mass is 32.1. The van der Waals surface area contributed by atoms with Crippen LogP contribution in [0, 0.1) is 6.92 Å². The van der Waals surface area contributed by atoms with Gasteiger partial charge < -0.3 is 4.74 Å². The number of thiazole rings is 1. The molecule has 3 rings (SSSR count). The molecule has 0 spiro atoms. The van der Waals surface area contributed by atoms with Crippen LogP contribution in [-0.4, -0.2) is 27.3 Å². The molecule has 1 atom stereocenters. The highest BCUT2D eigenvalue weighted by Gasteiger charge is 2.34. The first-order valence-electron chi connectivity index (χ1n) is 6.77. The smallest absolute Gasteiger partial charge is 0.315 e. The number of rotatable bonds is 3. The summed E-state index contributed by atoms with van der Waals surface area (Å²) in [6.45, 7) is 4.28. The Morgan fingerprint density at radius 1 is 1.60 bits per heavy atom. The fourth-order valence-electron chi connectivity index (χ4n) is 2.52. The third-order valence-corrected chi connectivity index (χ3v) is 4.92. The number of hydrogen-bond donors (Lipinski definition) is 0. The van der Waals surface area contributed by atoms with Crippen molar-refractivity contribution < 1.29 is 9.53 Å². The molecule has 2 heterocycles. The first-order valence-corrected chi connectivity index (χ1v) is 7.58. The minimum absolute atomic E-state index is 0.147. The summed E-state index contributed by atoms with van der Waals surface area (Å²) in [5.74, 6) is -0.335. The Balaban J connectivity index is 1.94. The van der Waals surface area contributed by atoms with Crippen molar-refractivity contribution in [2.45, 2.75) is 32.6 Å². The number of carbonyl (C=O) groups is 1. The van der Waals surface area contributed by atoms with Crippen molar-refractivity contribution in [3.8, 4) is 10.6 Å². The van der Waals surface area contributed by atoms with E-state index < -0.39 is 0 Å². The summed E-state index contributed by atoms with van der Waals surface area (Å²) in [6, 6.07) is 0. The highest BCUT2D eigenvalue weighted by Crippen LogP contribution is 2.40. The first kappa shape index (κ1) is 13.3. The number of carbonyl (C=O) groups excluding carboxylic acids is 1. The van der Waals surface area contributed by atoms with Gasteiger partial charge in [0, 0.05) is 17.6 Å². The summed E-state index contributed by atoms with van der Waals surface area (Å²) in [4.78, 5) is 17.8. The Bertz CT molecular complexity index is 659. The molecule has 106 valence electrons. The zero-order valence-electron chi connectivity index (χ0n) is 11.8. The normalized spacial score (nSPS) is 17.2. The van der Waals surface area contributed by atoms with Crippen molar-refractivity contribution in [3.05, 3.63) is 22.5 Å². The number of aromatic nitrogens is 3. The van der Waals surface area contributed by atoms with Gasteiger partial charge in [0.05, 0.1) is 24.1 Å². The molecule has 0 saturated heterocycles. The molecular formula is C14H17N3O2S. The number of hydrogen-bond acceptors (Lipinski definition) is 5. The van der Waals surface area contributed by atoms with Crippen LogP contribution in [0.1, 0.15) is 35.5 Å². The number of nitrogens with zero attached hydrogens (tertiary/aromatic N) is 3. The second kappa shape index (κ2) is 5.01. The van der Waals surface area contributed by atoms with Crippen LogP contribution in [0.5, 0.6) is 0 Å². The quantitative estimate of drug-likeness (QED) is 0.815. The van der Waals surface area contributed by atoms with Crippen molar-refractivity contribution >= 4 is 17.3 Å². The topological polar surface area (TPSA) is 57.0 Å². The molecule has 2 aromatic rings. The lowest BCUT2D eigenvalue weighted by Gasteiger charge is -2.07. The van der Waals surface area contributed by atoms with Crippen molar-refractivity contribution in [3.63, 3.8) is 0 Å². The molecule has 6 heteroatoms. The van der Waals surface area contributed by atoms with Crippen molar-refractivity contribution in [1.29, 1.82) is 0 Å². The summed E-state index contributed by atoms with van der Waals surface area (Å²) in [7, 11) is 1.92. The van der Waals surface area contributed by atoms with Crippen LogP contribution < -0.4 is 0 Å². The monoisotopic (exact) mass is 291 g/mol. The Kier molecular flexibility index (Phi) is 3.33. The fourth-order valence-corrected chi connectivity index (χ4v) is 3.72. The Labute approximate surface area is 121 Å². The Hall–Kier alpha value is -1.69. The van der Waals surface area contributed by atoms with Crippen molar-refractivity contribution in [2.75, 3.05) is 6.61 Å². The summed E-state index contributed by atoms with van der Waals surface area (Å²) in [5.41, 5.74) is 3.05. The van der Waals surface area contributed by atoms with Gasteiger partial charge in [-0.1, -0.05) is 0 Å². The average molecular weight is 291 g/mol. The molecule has 5 nitrogen and oxygen atoms in total. The van der Waals surface area contributed by atoms with E-state index in [0.29, 0.717) is 6.61 Å². The molecule has 0 aromatic carbocycles. The molecule has 0 amide bonds. The van der Waals surface area contributed by atoms with Gasteiger partial charge in [-0.15, -0.1) is 11.3 Å². The van der Waals surface area contributed by atoms with Gasteiger partial charge in [-0.3, -0.25) is 9.48 Å². The predicted molar refractivity (Wildman–Crippen MR) is 76.7 cm³/mol. The molecule has 0 saturated carbocycles. The summed E-state index contributed by atoms with van der Waals surface area (Å²) in [5, 5.41) is 5.20. The lowest BCUT2D eigenvalue weighted by atomic mass is 10.1. The van der Waals surface area contributed by atoms with Gasteiger partial charge in [0.2, 0.25) is 0 Å². The van der Waals surface area contributed by atoms with E-state index in [-0.39, 0.29) is 11.9 Å². The standard InChI is InChI=1S/C14H17N3O2S/c1-4-19-14(18)9-5-6-11-12(9)16-13(20-11)10-7-15-17(3)8(10)2/h7,9H,4-6H2,1-3H3. The maximum atomic E-state index is 12.0. The molecule has 0 fully saturated rings. The van der Waals surface area contributed by atoms with E-state index >= 15 is 0 Å². The number of esters is 1. The van der Waals surface area contributed by atoms with Gasteiger partial charge in [-0.25, -0.2) is 4.98 Å². The Morgan fingerprint density at radius 3 is 3.05 bits per heavy atom. The molecule has 0 aliphatic heterocycles. The maximum absolute atomic E-state index is 12.0. The third-order valence-electron chi connectivity index (χ3n) is 3.75. The largest absolute Gasteiger partial charge is 0.465 e. The highest BCUT2D eigenvalue weighted by molar-refractivity contribution is 7.15. The van der Waals surface area contributed by atoms with E-state index in [9.17, 15) is 4.79 Å². The van der Waals surface area contributed by atoms with Crippen molar-refractivity contribution in [1.82, 2.24) is 14.8 Å². The van der Waals surface area contributed by atoms with Crippen molar-refractivity contribution in [2.24, 2.45) is 7.05 Å². The van der Waals surface area contributed by atoms with E-state index in [4.69, 9.17) is 4.74 Å². The SMILES string of the molecule is CCOC(=O)C1CCc2sc(-c3cnn(C)c3C)nc21. The minimum Gasteiger partial charge on any atom is -0.465 e. The van der Waals surface area contributed by atoms with Crippen LogP contribution in [0.4, 0.5) is 0 Å². The molecule has 1 unspecified atom stereocenters. The fraction of sp³-hybridized carbons (Fsp3) is 0.500. The zero-order chi connectivity index (χ0) is 14.3. The zero-order valence-corrected chi connectivity index (χ0v) is 12.7. The molecule has 1 aliphatic carbocycles. The van der Waals surface area contributed by atoms with Crippen LogP contribution in [0.15, 0.2) is 6.20 Å². The lowest BCUT2D eigenvalue weighted by Crippen LogP contribution is -2.14. The Morgan fingerprint density at radius 2 is 2.40 bits per heavy atom.